The number of nitrogens with zero attached hydrogens (tertiary/aromatic N) is 3. The molecule has 0 radical (unpaired) electrons. The van der Waals surface area contributed by atoms with Gasteiger partial charge in [-0.1, -0.05) is 0 Å². The smallest absolute Gasteiger partial charge is 0.280 e. The van der Waals surface area contributed by atoms with Gasteiger partial charge in [-0.3, -0.25) is 5.10 Å². The van der Waals surface area contributed by atoms with Crippen LogP contribution in [0.2, 0.25) is 0 Å². The van der Waals surface area contributed by atoms with E-state index >= 15 is 0 Å². The van der Waals surface area contributed by atoms with Gasteiger partial charge in [0, 0.05) is 17.5 Å². The van der Waals surface area contributed by atoms with Crippen LogP contribution in [0.3, 0.4) is 0 Å². The summed E-state index contributed by atoms with van der Waals surface area (Å²) in [5, 5.41) is 7.61. The molecule has 5 nitrogen and oxygen atoms in total. The maximum absolute atomic E-state index is 12.5. The lowest BCUT2D eigenvalue weighted by Gasteiger charge is -2.05. The monoisotopic (exact) mass is 262 g/mol. The van der Waals surface area contributed by atoms with Crippen LogP contribution in [0.5, 0.6) is 11.6 Å². The zero-order valence-corrected chi connectivity index (χ0v) is 9.55. The lowest BCUT2D eigenvalue weighted by Crippen LogP contribution is -1.94. The number of nitrogens with one attached hydrogen (secondary N) is 1. The summed E-state index contributed by atoms with van der Waals surface area (Å²) in [4.78, 5) is 7.26. The summed E-state index contributed by atoms with van der Waals surface area (Å²) in [6.07, 6.45) is 0.0741. The van der Waals surface area contributed by atoms with E-state index in [1.54, 1.807) is 18.3 Å². The third-order valence-electron chi connectivity index (χ3n) is 2.52. The molecule has 0 saturated heterocycles. The molecule has 0 aliphatic heterocycles. The topological polar surface area (TPSA) is 63.7 Å². The highest BCUT2D eigenvalue weighted by atomic mass is 19.3. The molecule has 0 saturated carbocycles. The van der Waals surface area contributed by atoms with Crippen LogP contribution in [0.15, 0.2) is 36.8 Å². The molecule has 0 spiro atoms. The van der Waals surface area contributed by atoms with E-state index in [0.29, 0.717) is 5.75 Å². The van der Waals surface area contributed by atoms with Gasteiger partial charge >= 0.3 is 0 Å². The summed E-state index contributed by atoms with van der Waals surface area (Å²) in [6, 6.07) is 6.35. The van der Waals surface area contributed by atoms with Crippen molar-refractivity contribution in [2.75, 3.05) is 0 Å². The molecule has 0 fully saturated rings. The third-order valence-corrected chi connectivity index (χ3v) is 2.52. The number of alkyl halides is 2. The van der Waals surface area contributed by atoms with Gasteiger partial charge in [0.2, 0.25) is 5.88 Å². The Morgan fingerprint density at radius 1 is 1.16 bits per heavy atom. The maximum atomic E-state index is 12.5. The van der Waals surface area contributed by atoms with Gasteiger partial charge in [0.05, 0.1) is 11.7 Å². The predicted octanol–water partition coefficient (Wildman–Crippen LogP) is 3.08. The summed E-state index contributed by atoms with van der Waals surface area (Å²) >= 11 is 0. The van der Waals surface area contributed by atoms with Crippen molar-refractivity contribution in [3.05, 3.63) is 42.5 Å². The minimum Gasteiger partial charge on any atom is -0.439 e. The van der Waals surface area contributed by atoms with E-state index in [2.05, 4.69) is 20.2 Å². The van der Waals surface area contributed by atoms with Crippen LogP contribution < -0.4 is 4.74 Å². The molecule has 3 aromatic rings. The number of hydrogen-bond acceptors (Lipinski definition) is 4. The Kier molecular flexibility index (Phi) is 2.79. The highest BCUT2D eigenvalue weighted by molar-refractivity contribution is 5.79. The molecule has 2 aromatic heterocycles. The van der Waals surface area contributed by atoms with Gasteiger partial charge in [-0.25, -0.2) is 18.7 Å². The fourth-order valence-electron chi connectivity index (χ4n) is 1.63. The Morgan fingerprint density at radius 2 is 2.05 bits per heavy atom. The first-order valence-electron chi connectivity index (χ1n) is 5.43. The second kappa shape index (κ2) is 4.60. The van der Waals surface area contributed by atoms with E-state index in [9.17, 15) is 8.78 Å². The third kappa shape index (κ3) is 2.35. The molecule has 96 valence electrons. The molecule has 0 aliphatic rings. The molecule has 1 aromatic carbocycles. The van der Waals surface area contributed by atoms with E-state index < -0.39 is 6.43 Å². The highest BCUT2D eigenvalue weighted by Gasteiger charge is 2.11. The Bertz CT molecular complexity index is 714. The Labute approximate surface area is 106 Å². The summed E-state index contributed by atoms with van der Waals surface area (Å²) < 4.78 is 30.4. The number of ether oxygens (including phenoxy) is 1. The van der Waals surface area contributed by atoms with E-state index in [1.165, 1.54) is 0 Å². The fourth-order valence-corrected chi connectivity index (χ4v) is 1.63. The first kappa shape index (κ1) is 11.5. The molecule has 1 N–H and O–H groups in total. The Morgan fingerprint density at radius 3 is 2.89 bits per heavy atom. The number of benzene rings is 1. The second-order valence-corrected chi connectivity index (χ2v) is 3.80. The van der Waals surface area contributed by atoms with Crippen LogP contribution in [0.25, 0.3) is 10.9 Å². The number of aromatic nitrogens is 4. The number of rotatable bonds is 3. The highest BCUT2D eigenvalue weighted by Crippen LogP contribution is 2.25. The number of halogens is 2. The average Bonchev–Trinajstić information content (AvgIpc) is 2.86. The van der Waals surface area contributed by atoms with Crippen molar-refractivity contribution in [2.24, 2.45) is 0 Å². The van der Waals surface area contributed by atoms with Crippen molar-refractivity contribution in [3.8, 4) is 11.6 Å². The van der Waals surface area contributed by atoms with Gasteiger partial charge in [-0.15, -0.1) is 0 Å². The Balaban J connectivity index is 1.89. The van der Waals surface area contributed by atoms with Crippen LogP contribution >= 0.6 is 0 Å². The van der Waals surface area contributed by atoms with Crippen molar-refractivity contribution in [1.29, 1.82) is 0 Å². The van der Waals surface area contributed by atoms with E-state index in [-0.39, 0.29) is 11.6 Å². The van der Waals surface area contributed by atoms with E-state index in [4.69, 9.17) is 4.74 Å². The zero-order valence-electron chi connectivity index (χ0n) is 9.55. The molecular weight excluding hydrogens is 254 g/mol. The molecule has 3 rings (SSSR count). The molecule has 0 bridgehead atoms. The van der Waals surface area contributed by atoms with Crippen LogP contribution in [0.1, 0.15) is 12.1 Å². The number of fused-ring (bicyclic) bond motifs is 1. The number of hydrogen-bond donors (Lipinski definition) is 1. The Hall–Kier alpha value is -2.57. The minimum absolute atomic E-state index is 0.0733. The fraction of sp³-hybridized carbons (Fsp3) is 0.0833. The lowest BCUT2D eigenvalue weighted by molar-refractivity contribution is 0.145. The van der Waals surface area contributed by atoms with Crippen molar-refractivity contribution in [2.45, 2.75) is 6.43 Å². The quantitative estimate of drug-likeness (QED) is 0.787. The lowest BCUT2D eigenvalue weighted by atomic mass is 10.2. The number of aromatic amines is 1. The van der Waals surface area contributed by atoms with Crippen molar-refractivity contribution < 1.29 is 13.5 Å². The molecule has 19 heavy (non-hydrogen) atoms. The average molecular weight is 262 g/mol. The molecule has 0 unspecified atom stereocenters. The van der Waals surface area contributed by atoms with E-state index in [1.807, 2.05) is 6.07 Å². The van der Waals surface area contributed by atoms with Crippen LogP contribution in [0.4, 0.5) is 8.78 Å². The molecule has 0 amide bonds. The summed E-state index contributed by atoms with van der Waals surface area (Å²) in [6.45, 7) is 0. The van der Waals surface area contributed by atoms with Gasteiger partial charge in [-0.05, 0) is 12.1 Å². The summed E-state index contributed by atoms with van der Waals surface area (Å²) in [5.74, 6) is 0.555. The molecule has 0 aliphatic carbocycles. The SMILES string of the molecule is FC(F)c1cc(Oc2ccc3cn[nH]c3c2)ncn1. The minimum atomic E-state index is -2.65. The van der Waals surface area contributed by atoms with Gasteiger partial charge < -0.3 is 4.74 Å². The second-order valence-electron chi connectivity index (χ2n) is 3.80. The van der Waals surface area contributed by atoms with Gasteiger partial charge in [0.15, 0.2) is 0 Å². The number of H-pyrrole nitrogens is 1. The molecular formula is C12H8F2N4O. The van der Waals surface area contributed by atoms with Crippen molar-refractivity contribution in [1.82, 2.24) is 20.2 Å². The van der Waals surface area contributed by atoms with Crippen LogP contribution in [-0.2, 0) is 0 Å². The summed E-state index contributed by atoms with van der Waals surface area (Å²) in [5.41, 5.74) is 0.424. The molecule has 2 heterocycles. The molecule has 7 heteroatoms. The zero-order chi connectivity index (χ0) is 13.2. The summed E-state index contributed by atoms with van der Waals surface area (Å²) in [7, 11) is 0. The van der Waals surface area contributed by atoms with Crippen molar-refractivity contribution in [3.63, 3.8) is 0 Å². The van der Waals surface area contributed by atoms with Crippen LogP contribution in [0, 0.1) is 0 Å². The normalized spacial score (nSPS) is 11.1. The predicted molar refractivity (Wildman–Crippen MR) is 63.2 cm³/mol. The van der Waals surface area contributed by atoms with Crippen molar-refractivity contribution >= 4 is 10.9 Å². The first-order chi connectivity index (χ1) is 9.22. The van der Waals surface area contributed by atoms with E-state index in [0.717, 1.165) is 23.3 Å². The standard InChI is InChI=1S/C12H8F2N4O/c13-12(14)10-4-11(16-6-15-10)19-8-2-1-7-5-17-18-9(7)3-8/h1-6,12H,(H,17,18). The van der Waals surface area contributed by atoms with Crippen LogP contribution in [-0.4, -0.2) is 20.2 Å². The van der Waals surface area contributed by atoms with Gasteiger partial charge in [0.25, 0.3) is 6.43 Å². The first-order valence-corrected chi connectivity index (χ1v) is 5.43. The molecule has 0 atom stereocenters. The maximum Gasteiger partial charge on any atom is 0.280 e. The largest absolute Gasteiger partial charge is 0.439 e. The van der Waals surface area contributed by atoms with Gasteiger partial charge in [-0.2, -0.15) is 5.10 Å². The van der Waals surface area contributed by atoms with Gasteiger partial charge in [0.1, 0.15) is 17.8 Å².